The van der Waals surface area contributed by atoms with Crippen molar-refractivity contribution >= 4 is 33.4 Å². The van der Waals surface area contributed by atoms with Crippen molar-refractivity contribution in [1.82, 2.24) is 14.5 Å². The number of rotatable bonds is 6. The topological polar surface area (TPSA) is 119 Å². The fourth-order valence-electron chi connectivity index (χ4n) is 8.13. The maximum Gasteiger partial charge on any atom is 0.263 e. The Bertz CT molecular complexity index is 3020. The lowest BCUT2D eigenvalue weighted by molar-refractivity contribution is 0.0935. The molecular weight excluding hydrogens is 717 g/mol. The molecule has 4 heterocycles. The summed E-state index contributed by atoms with van der Waals surface area (Å²) in [6.45, 7) is 0. The minimum atomic E-state index is -1.23. The monoisotopic (exact) mass is 746 g/mol. The Morgan fingerprint density at radius 1 is 0.517 bits per heavy atom. The molecule has 9 aromatic rings. The molecule has 10 rings (SSSR count). The Labute approximate surface area is 333 Å². The van der Waals surface area contributed by atoms with E-state index in [0.717, 1.165) is 66.3 Å². The molecule has 1 aliphatic rings. The Hall–Kier alpha value is -8.17. The van der Waals surface area contributed by atoms with E-state index in [9.17, 15) is 20.4 Å². The van der Waals surface area contributed by atoms with Crippen LogP contribution in [-0.2, 0) is 0 Å². The maximum absolute atomic E-state index is 15.0. The second-order valence-electron chi connectivity index (χ2n) is 14.2. The molecule has 0 bridgehead atoms. The third-order valence-corrected chi connectivity index (χ3v) is 10.8. The molecule has 8 nitrogen and oxygen atoms in total. The highest BCUT2D eigenvalue weighted by molar-refractivity contribution is 6.16. The van der Waals surface area contributed by atoms with E-state index in [1.165, 1.54) is 17.3 Å². The normalized spacial score (nSPS) is 13.4. The number of amides is 1. The second-order valence-corrected chi connectivity index (χ2v) is 14.2. The summed E-state index contributed by atoms with van der Waals surface area (Å²) in [5, 5.41) is 33.1. The number of anilines is 1. The van der Waals surface area contributed by atoms with Gasteiger partial charge in [-0.05, 0) is 94.0 Å². The highest BCUT2D eigenvalue weighted by Gasteiger charge is 2.39. The number of aromatic nitrogens is 3. The van der Waals surface area contributed by atoms with Gasteiger partial charge in [0.1, 0.15) is 12.1 Å². The van der Waals surface area contributed by atoms with E-state index in [2.05, 4.69) is 44.9 Å². The number of hydrogen-bond donors (Lipinski definition) is 1. The summed E-state index contributed by atoms with van der Waals surface area (Å²) in [5.41, 5.74) is 11.9. The molecule has 3 aromatic heterocycles. The number of hydrogen-bond acceptors (Lipinski definition) is 6. The molecule has 1 atom stereocenters. The first-order valence-electron chi connectivity index (χ1n) is 18.7. The summed E-state index contributed by atoms with van der Waals surface area (Å²) < 4.78 is 2.08. The van der Waals surface area contributed by atoms with Gasteiger partial charge in [0.2, 0.25) is 0 Å². The van der Waals surface area contributed by atoms with E-state index in [0.29, 0.717) is 33.6 Å². The zero-order valence-corrected chi connectivity index (χ0v) is 30.8. The minimum Gasteiger partial charge on any atom is -0.369 e. The third-order valence-electron chi connectivity index (χ3n) is 10.8. The second kappa shape index (κ2) is 13.8. The van der Waals surface area contributed by atoms with Gasteiger partial charge in [-0.15, -0.1) is 0 Å². The van der Waals surface area contributed by atoms with Crippen molar-refractivity contribution in [2.75, 3.05) is 4.90 Å². The van der Waals surface area contributed by atoms with Gasteiger partial charge in [0.15, 0.2) is 6.23 Å². The van der Waals surface area contributed by atoms with Gasteiger partial charge in [0.05, 0.1) is 33.4 Å². The van der Waals surface area contributed by atoms with Crippen LogP contribution in [0.2, 0.25) is 0 Å². The van der Waals surface area contributed by atoms with Gasteiger partial charge in [0, 0.05) is 57.9 Å². The molecule has 1 amide bonds. The van der Waals surface area contributed by atoms with Crippen LogP contribution in [-0.4, -0.2) is 25.5 Å². The van der Waals surface area contributed by atoms with E-state index >= 15 is 0 Å². The zero-order chi connectivity index (χ0) is 39.3. The highest BCUT2D eigenvalue weighted by Crippen LogP contribution is 2.44. The number of nitriles is 2. The number of aliphatic hydroxyl groups excluding tert-OH is 1. The highest BCUT2D eigenvalue weighted by atomic mass is 16.3. The van der Waals surface area contributed by atoms with Gasteiger partial charge in [-0.3, -0.25) is 19.7 Å². The summed E-state index contributed by atoms with van der Waals surface area (Å²) in [7, 11) is 0. The number of nitrogens with zero attached hydrogens (tertiary/aromatic N) is 6. The van der Waals surface area contributed by atoms with Crippen LogP contribution in [0.3, 0.4) is 0 Å². The average Bonchev–Trinajstić information content (AvgIpc) is 3.75. The van der Waals surface area contributed by atoms with Crippen LogP contribution < -0.4 is 4.90 Å². The third kappa shape index (κ3) is 5.69. The molecule has 272 valence electrons. The number of benzene rings is 6. The van der Waals surface area contributed by atoms with Crippen molar-refractivity contribution in [3.05, 3.63) is 193 Å². The molecule has 8 heteroatoms. The van der Waals surface area contributed by atoms with Crippen LogP contribution >= 0.6 is 0 Å². The van der Waals surface area contributed by atoms with Crippen molar-refractivity contribution in [3.63, 3.8) is 0 Å². The van der Waals surface area contributed by atoms with Crippen LogP contribution in [0.5, 0.6) is 0 Å². The number of fused-ring (bicyclic) bond motifs is 4. The molecule has 0 aliphatic carbocycles. The molecular formula is C50H30N6O2. The SMILES string of the molecule is N#Cc1cncc(-c2ccc3c(c2)c2cc(-c4cncc(C#N)c4)ccc2n3-c2cccc3c2C(=O)N(c2cc(-c4ccccc4)cc(-c4ccccc4)c2)C3O)c1. The number of carbonyl (C=O) groups is 1. The van der Waals surface area contributed by atoms with Crippen molar-refractivity contribution in [2.45, 2.75) is 6.23 Å². The van der Waals surface area contributed by atoms with Gasteiger partial charge >= 0.3 is 0 Å². The van der Waals surface area contributed by atoms with Crippen molar-refractivity contribution in [1.29, 1.82) is 10.5 Å². The lowest BCUT2D eigenvalue weighted by Crippen LogP contribution is -2.27. The zero-order valence-electron chi connectivity index (χ0n) is 30.8. The molecule has 58 heavy (non-hydrogen) atoms. The Balaban J connectivity index is 1.17. The van der Waals surface area contributed by atoms with E-state index in [4.69, 9.17) is 0 Å². The lowest BCUT2D eigenvalue weighted by atomic mass is 9.97. The Morgan fingerprint density at radius 3 is 1.57 bits per heavy atom. The van der Waals surface area contributed by atoms with Crippen molar-refractivity contribution < 1.29 is 9.90 Å². The molecule has 0 radical (unpaired) electrons. The Kier molecular flexibility index (Phi) is 8.19. The van der Waals surface area contributed by atoms with Crippen molar-refractivity contribution in [2.24, 2.45) is 0 Å². The van der Waals surface area contributed by atoms with Gasteiger partial charge < -0.3 is 9.67 Å². The number of carbonyl (C=O) groups excluding carboxylic acids is 1. The summed E-state index contributed by atoms with van der Waals surface area (Å²) in [5.74, 6) is -0.315. The number of pyridine rings is 2. The van der Waals surface area contributed by atoms with Gasteiger partial charge in [-0.25, -0.2) is 0 Å². The molecule has 0 fully saturated rings. The molecule has 0 spiro atoms. The van der Waals surface area contributed by atoms with Gasteiger partial charge in [-0.1, -0.05) is 84.9 Å². The molecule has 0 saturated carbocycles. The minimum absolute atomic E-state index is 0.315. The quantitative estimate of drug-likeness (QED) is 0.181. The first-order valence-corrected chi connectivity index (χ1v) is 18.7. The van der Waals surface area contributed by atoms with Crippen LogP contribution in [0.1, 0.15) is 33.3 Å². The summed E-state index contributed by atoms with van der Waals surface area (Å²) in [4.78, 5) is 25.1. The van der Waals surface area contributed by atoms with Gasteiger partial charge in [0.25, 0.3) is 5.91 Å². The van der Waals surface area contributed by atoms with Crippen molar-refractivity contribution in [3.8, 4) is 62.3 Å². The standard InChI is InChI=1S/C50H30N6O2/c51-25-31-18-39(29-53-27-31)35-14-16-45-43(23-35)44-24-36(40-19-32(26-52)28-54-30-40)15-17-46(44)56(45)47-13-7-12-42-48(47)50(58)55(49(42)57)41-21-37(33-8-3-1-4-9-33)20-38(22-41)34-10-5-2-6-11-34/h1-24,27-30,49,57H. The van der Waals surface area contributed by atoms with Gasteiger partial charge in [-0.2, -0.15) is 10.5 Å². The van der Waals surface area contributed by atoms with E-state index in [-0.39, 0.29) is 5.91 Å². The average molecular weight is 747 g/mol. The predicted octanol–water partition coefficient (Wildman–Crippen LogP) is 10.6. The molecule has 1 aliphatic heterocycles. The molecule has 6 aromatic carbocycles. The van der Waals surface area contributed by atoms with Crippen LogP contribution in [0.15, 0.2) is 170 Å². The summed E-state index contributed by atoms with van der Waals surface area (Å²) in [6, 6.07) is 51.8. The maximum atomic E-state index is 15.0. The predicted molar refractivity (Wildman–Crippen MR) is 226 cm³/mol. The number of aliphatic hydroxyl groups is 1. The van der Waals surface area contributed by atoms with E-state index in [1.807, 2.05) is 127 Å². The smallest absolute Gasteiger partial charge is 0.263 e. The van der Waals surface area contributed by atoms with E-state index in [1.54, 1.807) is 12.4 Å². The Morgan fingerprint density at radius 2 is 1.05 bits per heavy atom. The van der Waals surface area contributed by atoms with E-state index < -0.39 is 6.23 Å². The fourth-order valence-corrected chi connectivity index (χ4v) is 8.13. The van der Waals surface area contributed by atoms with Crippen LogP contribution in [0.4, 0.5) is 5.69 Å². The van der Waals surface area contributed by atoms with Crippen LogP contribution in [0.25, 0.3) is 72.0 Å². The molecule has 1 unspecified atom stereocenters. The first-order chi connectivity index (χ1) is 28.5. The summed E-state index contributed by atoms with van der Waals surface area (Å²) >= 11 is 0. The molecule has 0 saturated heterocycles. The largest absolute Gasteiger partial charge is 0.369 e. The molecule has 1 N–H and O–H groups in total. The lowest BCUT2D eigenvalue weighted by Gasteiger charge is -2.23. The summed E-state index contributed by atoms with van der Waals surface area (Å²) in [6.07, 6.45) is 5.31. The fraction of sp³-hybridized carbons (Fsp3) is 0.0200. The first kappa shape index (κ1) is 34.3. The van der Waals surface area contributed by atoms with Crippen LogP contribution in [0, 0.1) is 22.7 Å².